The van der Waals surface area contributed by atoms with E-state index in [0.717, 1.165) is 0 Å². The zero-order valence-corrected chi connectivity index (χ0v) is 15.2. The second kappa shape index (κ2) is 9.41. The van der Waals surface area contributed by atoms with E-state index in [9.17, 15) is 14.4 Å². The van der Waals surface area contributed by atoms with Gasteiger partial charge >= 0.3 is 5.97 Å². The lowest BCUT2D eigenvalue weighted by molar-refractivity contribution is -0.145. The van der Waals surface area contributed by atoms with Crippen LogP contribution in [0.1, 0.15) is 15.2 Å². The van der Waals surface area contributed by atoms with Gasteiger partial charge in [-0.15, -0.1) is 11.3 Å². The first-order chi connectivity index (χ1) is 12.0. The zero-order valence-electron chi connectivity index (χ0n) is 12.9. The highest BCUT2D eigenvalue weighted by molar-refractivity contribution is 7.12. The number of ether oxygens (including phenoxy) is 1. The first-order valence-electron chi connectivity index (χ1n) is 7.14. The monoisotopic (exact) mass is 400 g/mol. The molecule has 0 atom stereocenters. The third kappa shape index (κ3) is 6.04. The Labute approximate surface area is 158 Å². The van der Waals surface area contributed by atoms with Crippen LogP contribution in [-0.2, 0) is 20.9 Å². The van der Waals surface area contributed by atoms with Crippen LogP contribution >= 0.6 is 34.5 Å². The van der Waals surface area contributed by atoms with Crippen LogP contribution in [0.4, 0.5) is 0 Å². The lowest BCUT2D eigenvalue weighted by atomic mass is 10.2. The number of carbonyl (C=O) groups excluding carboxylic acids is 3. The van der Waals surface area contributed by atoms with E-state index >= 15 is 0 Å². The number of benzene rings is 1. The van der Waals surface area contributed by atoms with E-state index in [2.05, 4.69) is 10.6 Å². The van der Waals surface area contributed by atoms with Crippen LogP contribution in [0.25, 0.3) is 0 Å². The summed E-state index contributed by atoms with van der Waals surface area (Å²) in [5.41, 5.74) is 0.494. The van der Waals surface area contributed by atoms with Gasteiger partial charge in [0.15, 0.2) is 0 Å². The summed E-state index contributed by atoms with van der Waals surface area (Å²) in [7, 11) is 0. The van der Waals surface area contributed by atoms with E-state index in [-0.39, 0.29) is 25.6 Å². The Morgan fingerprint density at radius 3 is 2.36 bits per heavy atom. The Balaban J connectivity index is 1.69. The van der Waals surface area contributed by atoms with Crippen molar-refractivity contribution in [1.82, 2.24) is 10.6 Å². The van der Waals surface area contributed by atoms with Crippen LogP contribution in [0.3, 0.4) is 0 Å². The first-order valence-corrected chi connectivity index (χ1v) is 8.78. The number of nitrogens with one attached hydrogen (secondary N) is 2. The number of hydrogen-bond donors (Lipinski definition) is 2. The van der Waals surface area contributed by atoms with Crippen LogP contribution in [0, 0.1) is 0 Å². The lowest BCUT2D eigenvalue weighted by Gasteiger charge is -2.09. The second-order valence-electron chi connectivity index (χ2n) is 4.80. The van der Waals surface area contributed by atoms with Crippen molar-refractivity contribution in [1.29, 1.82) is 0 Å². The molecule has 0 fully saturated rings. The van der Waals surface area contributed by atoms with E-state index in [1.807, 2.05) is 0 Å². The van der Waals surface area contributed by atoms with Crippen LogP contribution in [0.5, 0.6) is 0 Å². The molecule has 0 radical (unpaired) electrons. The Morgan fingerprint density at radius 1 is 1.00 bits per heavy atom. The molecule has 1 heterocycles. The summed E-state index contributed by atoms with van der Waals surface area (Å²) in [5, 5.41) is 7.35. The van der Waals surface area contributed by atoms with Crippen LogP contribution < -0.4 is 10.6 Å². The SMILES string of the molecule is O=C(CNC(=O)c1cccs1)NCC(=O)OCc1c(Cl)cccc1Cl. The number of halogens is 2. The van der Waals surface area contributed by atoms with Crippen molar-refractivity contribution in [3.05, 3.63) is 56.2 Å². The van der Waals surface area contributed by atoms with Crippen molar-refractivity contribution in [2.45, 2.75) is 6.61 Å². The highest BCUT2D eigenvalue weighted by atomic mass is 35.5. The smallest absolute Gasteiger partial charge is 0.325 e. The van der Waals surface area contributed by atoms with Crippen molar-refractivity contribution in [3.63, 3.8) is 0 Å². The molecule has 6 nitrogen and oxygen atoms in total. The number of esters is 1. The highest BCUT2D eigenvalue weighted by Gasteiger charge is 2.12. The summed E-state index contributed by atoms with van der Waals surface area (Å²) in [6.07, 6.45) is 0. The van der Waals surface area contributed by atoms with Gasteiger partial charge in [-0.1, -0.05) is 35.3 Å². The van der Waals surface area contributed by atoms with E-state index < -0.39 is 11.9 Å². The molecule has 9 heteroatoms. The topological polar surface area (TPSA) is 84.5 Å². The van der Waals surface area contributed by atoms with Crippen molar-refractivity contribution in [2.24, 2.45) is 0 Å². The fourth-order valence-electron chi connectivity index (χ4n) is 1.76. The molecule has 1 aromatic heterocycles. The quantitative estimate of drug-likeness (QED) is 0.699. The van der Waals surface area contributed by atoms with E-state index in [1.54, 1.807) is 35.7 Å². The van der Waals surface area contributed by atoms with E-state index in [0.29, 0.717) is 20.5 Å². The maximum atomic E-state index is 11.7. The van der Waals surface area contributed by atoms with Crippen molar-refractivity contribution >= 4 is 52.3 Å². The molecule has 2 amide bonds. The lowest BCUT2D eigenvalue weighted by Crippen LogP contribution is -2.39. The summed E-state index contributed by atoms with van der Waals surface area (Å²) in [6, 6.07) is 8.33. The average Bonchev–Trinajstić information content (AvgIpc) is 3.12. The molecule has 1 aromatic carbocycles. The Kier molecular flexibility index (Phi) is 7.24. The van der Waals surface area contributed by atoms with Crippen molar-refractivity contribution < 1.29 is 19.1 Å². The third-order valence-electron chi connectivity index (χ3n) is 3.02. The summed E-state index contributed by atoms with van der Waals surface area (Å²) in [4.78, 5) is 35.5. The van der Waals surface area contributed by atoms with Gasteiger partial charge in [0.05, 0.1) is 11.4 Å². The molecule has 2 aromatic rings. The molecule has 0 saturated heterocycles. The van der Waals surface area contributed by atoms with Gasteiger partial charge < -0.3 is 15.4 Å². The Bertz CT molecular complexity index is 745. The van der Waals surface area contributed by atoms with Gasteiger partial charge in [0.2, 0.25) is 5.91 Å². The predicted molar refractivity (Wildman–Crippen MR) is 95.9 cm³/mol. The fraction of sp³-hybridized carbons (Fsp3) is 0.188. The first kappa shape index (κ1) is 19.2. The molecule has 25 heavy (non-hydrogen) atoms. The molecule has 0 bridgehead atoms. The molecule has 0 unspecified atom stereocenters. The predicted octanol–water partition coefficient (Wildman–Crippen LogP) is 2.64. The van der Waals surface area contributed by atoms with Crippen LogP contribution in [0.2, 0.25) is 10.0 Å². The number of amides is 2. The van der Waals surface area contributed by atoms with Crippen LogP contribution in [0.15, 0.2) is 35.7 Å². The Hall–Kier alpha value is -2.09. The average molecular weight is 401 g/mol. The molecule has 0 aliphatic carbocycles. The minimum absolute atomic E-state index is 0.0949. The molecule has 0 saturated carbocycles. The molecular formula is C16H14Cl2N2O4S. The van der Waals surface area contributed by atoms with Gasteiger partial charge in [-0.05, 0) is 23.6 Å². The van der Waals surface area contributed by atoms with E-state index in [4.69, 9.17) is 27.9 Å². The maximum Gasteiger partial charge on any atom is 0.325 e. The third-order valence-corrected chi connectivity index (χ3v) is 4.60. The summed E-state index contributed by atoms with van der Waals surface area (Å²) in [6.45, 7) is -0.654. The van der Waals surface area contributed by atoms with Gasteiger partial charge in [-0.2, -0.15) is 0 Å². The molecule has 132 valence electrons. The van der Waals surface area contributed by atoms with Crippen molar-refractivity contribution in [3.8, 4) is 0 Å². The second-order valence-corrected chi connectivity index (χ2v) is 6.56. The Morgan fingerprint density at radius 2 is 1.72 bits per heavy atom. The molecule has 2 N–H and O–H groups in total. The van der Waals surface area contributed by atoms with Gasteiger partial charge in [0, 0.05) is 15.6 Å². The molecule has 0 spiro atoms. The summed E-state index contributed by atoms with van der Waals surface area (Å²) >= 11 is 13.2. The number of hydrogen-bond acceptors (Lipinski definition) is 5. The summed E-state index contributed by atoms with van der Waals surface area (Å²) < 4.78 is 5.02. The number of carbonyl (C=O) groups is 3. The number of thiophene rings is 1. The van der Waals surface area contributed by atoms with Gasteiger partial charge in [-0.25, -0.2) is 0 Å². The molecule has 2 rings (SSSR count). The van der Waals surface area contributed by atoms with Crippen molar-refractivity contribution in [2.75, 3.05) is 13.1 Å². The maximum absolute atomic E-state index is 11.7. The van der Waals surface area contributed by atoms with Crippen LogP contribution in [-0.4, -0.2) is 30.9 Å². The minimum atomic E-state index is -0.645. The molecular weight excluding hydrogens is 387 g/mol. The van der Waals surface area contributed by atoms with Gasteiger partial charge in [0.25, 0.3) is 5.91 Å². The normalized spacial score (nSPS) is 10.2. The minimum Gasteiger partial charge on any atom is -0.459 e. The molecule has 0 aliphatic heterocycles. The molecule has 0 aliphatic rings. The van der Waals surface area contributed by atoms with E-state index in [1.165, 1.54) is 11.3 Å². The standard InChI is InChI=1S/C16H14Cl2N2O4S/c17-11-3-1-4-12(18)10(11)9-24-15(22)8-19-14(21)7-20-16(23)13-5-2-6-25-13/h1-6H,7-9H2,(H,19,21)(H,20,23). The fourth-order valence-corrected chi connectivity index (χ4v) is 2.91. The highest BCUT2D eigenvalue weighted by Crippen LogP contribution is 2.24. The largest absolute Gasteiger partial charge is 0.459 e. The number of rotatable bonds is 7. The summed E-state index contributed by atoms with van der Waals surface area (Å²) in [5.74, 6) is -1.49. The van der Waals surface area contributed by atoms with Gasteiger partial charge in [-0.3, -0.25) is 14.4 Å². The zero-order chi connectivity index (χ0) is 18.2. The van der Waals surface area contributed by atoms with Gasteiger partial charge in [0.1, 0.15) is 13.2 Å².